The first-order valence-corrected chi connectivity index (χ1v) is 6.89. The Balaban J connectivity index is 1.87. The predicted molar refractivity (Wildman–Crippen MR) is 82.7 cm³/mol. The highest BCUT2D eigenvalue weighted by molar-refractivity contribution is 5.90. The summed E-state index contributed by atoms with van der Waals surface area (Å²) in [5.74, 6) is 0.842. The minimum Gasteiger partial charge on any atom is -0.364 e. The van der Waals surface area contributed by atoms with Crippen LogP contribution in [-0.4, -0.2) is 10.2 Å². The zero-order valence-electron chi connectivity index (χ0n) is 11.5. The summed E-state index contributed by atoms with van der Waals surface area (Å²) in [4.78, 5) is 0. The standard InChI is InChI=1S/C17H17N3/c1-2-13-7-3-4-8-14(13)11-18-17-16-10-6-5-9-15(16)12-19-20-17/h3-10,12H,2,11H2,1H3,(H,18,20). The van der Waals surface area contributed by atoms with Gasteiger partial charge < -0.3 is 5.32 Å². The SMILES string of the molecule is CCc1ccccc1CNc1nncc2ccccc12. The largest absolute Gasteiger partial charge is 0.364 e. The molecule has 0 bridgehead atoms. The van der Waals surface area contributed by atoms with Gasteiger partial charge in [0.25, 0.3) is 0 Å². The highest BCUT2D eigenvalue weighted by Crippen LogP contribution is 2.20. The third kappa shape index (κ3) is 2.48. The third-order valence-electron chi connectivity index (χ3n) is 3.52. The van der Waals surface area contributed by atoms with Gasteiger partial charge in [-0.1, -0.05) is 55.5 Å². The summed E-state index contributed by atoms with van der Waals surface area (Å²) in [6, 6.07) is 16.6. The third-order valence-corrected chi connectivity index (χ3v) is 3.52. The molecule has 0 aliphatic rings. The van der Waals surface area contributed by atoms with Crippen molar-refractivity contribution < 1.29 is 0 Å². The number of nitrogens with one attached hydrogen (secondary N) is 1. The van der Waals surface area contributed by atoms with Crippen LogP contribution in [0, 0.1) is 0 Å². The Morgan fingerprint density at radius 1 is 0.950 bits per heavy atom. The van der Waals surface area contributed by atoms with Crippen LogP contribution in [0.15, 0.2) is 54.7 Å². The van der Waals surface area contributed by atoms with Gasteiger partial charge in [-0.3, -0.25) is 0 Å². The van der Waals surface area contributed by atoms with Gasteiger partial charge in [-0.05, 0) is 17.5 Å². The molecule has 0 unspecified atom stereocenters. The first-order valence-electron chi connectivity index (χ1n) is 6.89. The summed E-state index contributed by atoms with van der Waals surface area (Å²) in [6.07, 6.45) is 2.83. The highest BCUT2D eigenvalue weighted by Gasteiger charge is 2.04. The second-order valence-corrected chi connectivity index (χ2v) is 4.76. The Morgan fingerprint density at radius 3 is 2.55 bits per heavy atom. The average Bonchev–Trinajstić information content (AvgIpc) is 2.53. The van der Waals surface area contributed by atoms with Gasteiger partial charge in [-0.15, -0.1) is 5.10 Å². The molecule has 20 heavy (non-hydrogen) atoms. The van der Waals surface area contributed by atoms with Crippen LogP contribution in [-0.2, 0) is 13.0 Å². The quantitative estimate of drug-likeness (QED) is 0.778. The van der Waals surface area contributed by atoms with E-state index in [1.54, 1.807) is 6.20 Å². The molecule has 3 aromatic rings. The van der Waals surface area contributed by atoms with E-state index in [0.29, 0.717) is 0 Å². The topological polar surface area (TPSA) is 37.8 Å². The van der Waals surface area contributed by atoms with E-state index in [0.717, 1.165) is 29.6 Å². The van der Waals surface area contributed by atoms with Gasteiger partial charge >= 0.3 is 0 Å². The van der Waals surface area contributed by atoms with Gasteiger partial charge in [0, 0.05) is 17.3 Å². The Kier molecular flexibility index (Phi) is 3.59. The van der Waals surface area contributed by atoms with Gasteiger partial charge in [0.2, 0.25) is 0 Å². The Bertz CT molecular complexity index is 717. The number of nitrogens with zero attached hydrogens (tertiary/aromatic N) is 2. The van der Waals surface area contributed by atoms with Crippen molar-refractivity contribution in [2.45, 2.75) is 19.9 Å². The second kappa shape index (κ2) is 5.70. The molecule has 1 N–H and O–H groups in total. The number of benzene rings is 2. The smallest absolute Gasteiger partial charge is 0.156 e. The van der Waals surface area contributed by atoms with E-state index < -0.39 is 0 Å². The van der Waals surface area contributed by atoms with E-state index in [2.05, 4.69) is 58.8 Å². The summed E-state index contributed by atoms with van der Waals surface area (Å²) in [6.45, 7) is 2.95. The number of aromatic nitrogens is 2. The lowest BCUT2D eigenvalue weighted by Gasteiger charge is -2.10. The van der Waals surface area contributed by atoms with Crippen LogP contribution < -0.4 is 5.32 Å². The minimum absolute atomic E-state index is 0.771. The van der Waals surface area contributed by atoms with E-state index in [1.165, 1.54) is 11.1 Å². The van der Waals surface area contributed by atoms with Crippen molar-refractivity contribution in [1.82, 2.24) is 10.2 Å². The summed E-state index contributed by atoms with van der Waals surface area (Å²) in [5.41, 5.74) is 2.68. The van der Waals surface area contributed by atoms with Gasteiger partial charge in [-0.25, -0.2) is 0 Å². The Labute approximate surface area is 118 Å². The number of hydrogen-bond acceptors (Lipinski definition) is 3. The Hall–Kier alpha value is -2.42. The van der Waals surface area contributed by atoms with Crippen LogP contribution >= 0.6 is 0 Å². The van der Waals surface area contributed by atoms with Gasteiger partial charge in [0.1, 0.15) is 0 Å². The number of fused-ring (bicyclic) bond motifs is 1. The van der Waals surface area contributed by atoms with Crippen molar-refractivity contribution in [3.8, 4) is 0 Å². The molecule has 0 fully saturated rings. The van der Waals surface area contributed by atoms with E-state index in [1.807, 2.05) is 12.1 Å². The van der Waals surface area contributed by atoms with Crippen LogP contribution in [0.5, 0.6) is 0 Å². The summed E-state index contributed by atoms with van der Waals surface area (Å²) in [7, 11) is 0. The predicted octanol–water partition coefficient (Wildman–Crippen LogP) is 3.80. The molecule has 1 heterocycles. The molecule has 1 aromatic heterocycles. The number of rotatable bonds is 4. The monoisotopic (exact) mass is 263 g/mol. The van der Waals surface area contributed by atoms with Gasteiger partial charge in [0.15, 0.2) is 5.82 Å². The lowest BCUT2D eigenvalue weighted by Crippen LogP contribution is -2.05. The van der Waals surface area contributed by atoms with E-state index in [9.17, 15) is 0 Å². The number of anilines is 1. The molecular weight excluding hydrogens is 246 g/mol. The molecule has 3 nitrogen and oxygen atoms in total. The van der Waals surface area contributed by atoms with Gasteiger partial charge in [0.05, 0.1) is 6.20 Å². The van der Waals surface area contributed by atoms with E-state index in [4.69, 9.17) is 0 Å². The molecule has 0 atom stereocenters. The molecule has 3 rings (SSSR count). The molecule has 0 amide bonds. The average molecular weight is 263 g/mol. The van der Waals surface area contributed by atoms with Crippen LogP contribution in [0.1, 0.15) is 18.1 Å². The maximum absolute atomic E-state index is 4.22. The number of aryl methyl sites for hydroxylation is 1. The molecule has 0 saturated carbocycles. The van der Waals surface area contributed by atoms with E-state index in [-0.39, 0.29) is 0 Å². The van der Waals surface area contributed by atoms with Crippen LogP contribution in [0.25, 0.3) is 10.8 Å². The zero-order chi connectivity index (χ0) is 13.8. The summed E-state index contributed by atoms with van der Waals surface area (Å²) in [5, 5.41) is 13.9. The van der Waals surface area contributed by atoms with Crippen LogP contribution in [0.3, 0.4) is 0 Å². The molecule has 0 saturated heterocycles. The lowest BCUT2D eigenvalue weighted by atomic mass is 10.1. The first-order chi connectivity index (χ1) is 9.88. The van der Waals surface area contributed by atoms with Crippen molar-refractivity contribution in [3.05, 3.63) is 65.9 Å². The molecule has 0 aliphatic heterocycles. The van der Waals surface area contributed by atoms with Crippen LogP contribution in [0.4, 0.5) is 5.82 Å². The van der Waals surface area contributed by atoms with Crippen molar-refractivity contribution in [2.24, 2.45) is 0 Å². The molecular formula is C17H17N3. The fourth-order valence-electron chi connectivity index (χ4n) is 2.41. The maximum atomic E-state index is 4.22. The zero-order valence-corrected chi connectivity index (χ0v) is 11.5. The minimum atomic E-state index is 0.771. The summed E-state index contributed by atoms with van der Waals surface area (Å²) < 4.78 is 0. The van der Waals surface area contributed by atoms with Crippen molar-refractivity contribution >= 4 is 16.6 Å². The number of hydrogen-bond donors (Lipinski definition) is 1. The van der Waals surface area contributed by atoms with Crippen molar-refractivity contribution in [2.75, 3.05) is 5.32 Å². The fourth-order valence-corrected chi connectivity index (χ4v) is 2.41. The lowest BCUT2D eigenvalue weighted by molar-refractivity contribution is 0.997. The van der Waals surface area contributed by atoms with Crippen molar-refractivity contribution in [3.63, 3.8) is 0 Å². The molecule has 0 spiro atoms. The fraction of sp³-hybridized carbons (Fsp3) is 0.176. The van der Waals surface area contributed by atoms with E-state index >= 15 is 0 Å². The van der Waals surface area contributed by atoms with Crippen molar-refractivity contribution in [1.29, 1.82) is 0 Å². The second-order valence-electron chi connectivity index (χ2n) is 4.76. The molecule has 0 aliphatic carbocycles. The molecule has 100 valence electrons. The first kappa shape index (κ1) is 12.6. The molecule has 2 aromatic carbocycles. The highest BCUT2D eigenvalue weighted by atomic mass is 15.2. The van der Waals surface area contributed by atoms with Crippen LogP contribution in [0.2, 0.25) is 0 Å². The molecule has 0 radical (unpaired) electrons. The Morgan fingerprint density at radius 2 is 1.70 bits per heavy atom. The molecule has 3 heteroatoms. The summed E-state index contributed by atoms with van der Waals surface area (Å²) >= 11 is 0. The maximum Gasteiger partial charge on any atom is 0.156 e. The van der Waals surface area contributed by atoms with Gasteiger partial charge in [-0.2, -0.15) is 5.10 Å². The normalized spacial score (nSPS) is 10.7.